The minimum atomic E-state index is 0.463. The molecule has 0 radical (unpaired) electrons. The smallest absolute Gasteiger partial charge is 0.00647 e. The van der Waals surface area contributed by atoms with Crippen LogP contribution in [0.5, 0.6) is 0 Å². The van der Waals surface area contributed by atoms with Gasteiger partial charge in [-0.25, -0.2) is 0 Å². The summed E-state index contributed by atoms with van der Waals surface area (Å²) >= 11 is 0. The summed E-state index contributed by atoms with van der Waals surface area (Å²) in [6, 6.07) is 1.85. The Morgan fingerprint density at radius 3 is 0.765 bits per heavy atom. The molecular weight excluding hydrogens is 416 g/mol. The lowest BCUT2D eigenvalue weighted by atomic mass is 9.71. The van der Waals surface area contributed by atoms with Crippen LogP contribution in [0.3, 0.4) is 0 Å². The van der Waals surface area contributed by atoms with Crippen LogP contribution in [0.15, 0.2) is 0 Å². The molecule has 12 atom stereocenters. The molecule has 0 heterocycles. The first kappa shape index (κ1) is 28.4. The fourth-order valence-corrected chi connectivity index (χ4v) is 7.92. The van der Waals surface area contributed by atoms with Crippen molar-refractivity contribution >= 4 is 0 Å². The minimum Gasteiger partial charge on any atom is -0.327 e. The summed E-state index contributed by atoms with van der Waals surface area (Å²) in [5, 5.41) is 0. The summed E-state index contributed by atoms with van der Waals surface area (Å²) in [6.45, 7) is 9.32. The van der Waals surface area contributed by atoms with E-state index in [0.717, 1.165) is 47.3 Å². The van der Waals surface area contributed by atoms with Crippen LogP contribution in [0.25, 0.3) is 0 Å². The third-order valence-corrected chi connectivity index (χ3v) is 10.7. The second-order valence-corrected chi connectivity index (χ2v) is 13.8. The fourth-order valence-electron chi connectivity index (χ4n) is 7.92. The summed E-state index contributed by atoms with van der Waals surface area (Å²) in [5.41, 5.74) is 24.4. The van der Waals surface area contributed by atoms with Crippen molar-refractivity contribution in [2.24, 2.45) is 70.3 Å². The maximum Gasteiger partial charge on any atom is 0.00647 e. The van der Waals surface area contributed by atoms with Gasteiger partial charge in [-0.3, -0.25) is 0 Å². The molecule has 4 saturated carbocycles. The molecule has 200 valence electrons. The van der Waals surface area contributed by atoms with E-state index in [1.54, 1.807) is 0 Å². The summed E-state index contributed by atoms with van der Waals surface area (Å²) in [4.78, 5) is 0. The molecule has 8 N–H and O–H groups in total. The first-order valence-electron chi connectivity index (χ1n) is 15.1. The molecule has 0 aromatic rings. The van der Waals surface area contributed by atoms with E-state index in [9.17, 15) is 0 Å². The van der Waals surface area contributed by atoms with E-state index < -0.39 is 0 Å². The van der Waals surface area contributed by atoms with E-state index in [0.29, 0.717) is 24.2 Å². The quantitative estimate of drug-likeness (QED) is 0.411. The zero-order valence-corrected chi connectivity index (χ0v) is 23.1. The van der Waals surface area contributed by atoms with E-state index in [4.69, 9.17) is 22.9 Å². The van der Waals surface area contributed by atoms with Crippen LogP contribution in [-0.2, 0) is 0 Å². The van der Waals surface area contributed by atoms with Crippen molar-refractivity contribution < 1.29 is 0 Å². The molecule has 4 aliphatic rings. The van der Waals surface area contributed by atoms with Crippen molar-refractivity contribution in [3.8, 4) is 0 Å². The Labute approximate surface area is 212 Å². The van der Waals surface area contributed by atoms with Crippen LogP contribution in [0.2, 0.25) is 0 Å². The normalized spacial score (nSPS) is 48.0. The highest BCUT2D eigenvalue weighted by atomic mass is 14.7. The third kappa shape index (κ3) is 8.46. The summed E-state index contributed by atoms with van der Waals surface area (Å²) < 4.78 is 0. The SMILES string of the molecule is CC1CC(CC2CCC(N)C(C)C2)CCC1N.CC1CC(CC2CCC(N)C(C)C2)CCC1N. The van der Waals surface area contributed by atoms with E-state index in [1.807, 2.05) is 0 Å². The Bertz CT molecular complexity index is 484. The number of hydrogen-bond acceptors (Lipinski definition) is 4. The first-order valence-corrected chi connectivity index (χ1v) is 15.1. The second-order valence-electron chi connectivity index (χ2n) is 13.8. The Kier molecular flexibility index (Phi) is 11.2. The van der Waals surface area contributed by atoms with Gasteiger partial charge < -0.3 is 22.9 Å². The Balaban J connectivity index is 0.000000191. The molecule has 4 fully saturated rings. The Morgan fingerprint density at radius 2 is 0.588 bits per heavy atom. The van der Waals surface area contributed by atoms with Crippen molar-refractivity contribution in [2.75, 3.05) is 0 Å². The van der Waals surface area contributed by atoms with E-state index in [-0.39, 0.29) is 0 Å². The molecule has 4 nitrogen and oxygen atoms in total. The zero-order chi connectivity index (χ0) is 24.8. The molecule has 4 aliphatic carbocycles. The van der Waals surface area contributed by atoms with Gasteiger partial charge in [-0.1, -0.05) is 27.7 Å². The van der Waals surface area contributed by atoms with Crippen LogP contribution in [0.1, 0.15) is 118 Å². The highest BCUT2D eigenvalue weighted by Crippen LogP contribution is 2.39. The minimum absolute atomic E-state index is 0.463. The van der Waals surface area contributed by atoms with E-state index >= 15 is 0 Å². The Morgan fingerprint density at radius 1 is 0.382 bits per heavy atom. The largest absolute Gasteiger partial charge is 0.327 e. The zero-order valence-electron chi connectivity index (χ0n) is 23.1. The highest BCUT2D eigenvalue weighted by molar-refractivity contribution is 4.86. The van der Waals surface area contributed by atoms with Crippen molar-refractivity contribution in [1.82, 2.24) is 0 Å². The molecule has 0 spiro atoms. The van der Waals surface area contributed by atoms with Gasteiger partial charge in [0.1, 0.15) is 0 Å². The average Bonchev–Trinajstić information content (AvgIpc) is 2.79. The maximum atomic E-state index is 6.10. The molecule has 34 heavy (non-hydrogen) atoms. The van der Waals surface area contributed by atoms with Gasteiger partial charge >= 0.3 is 0 Å². The molecule has 0 aromatic heterocycles. The van der Waals surface area contributed by atoms with Crippen LogP contribution < -0.4 is 22.9 Å². The molecular formula is C30H60N4. The van der Waals surface area contributed by atoms with E-state index in [2.05, 4.69) is 27.7 Å². The lowest BCUT2D eigenvalue weighted by Crippen LogP contribution is -2.37. The predicted octanol–water partition coefficient (Wildman–Crippen LogP) is 5.81. The predicted molar refractivity (Wildman–Crippen MR) is 147 cm³/mol. The molecule has 0 aliphatic heterocycles. The topological polar surface area (TPSA) is 104 Å². The molecule has 0 aromatic carbocycles. The van der Waals surface area contributed by atoms with Crippen molar-refractivity contribution in [3.05, 3.63) is 0 Å². The van der Waals surface area contributed by atoms with Crippen LogP contribution in [-0.4, -0.2) is 24.2 Å². The van der Waals surface area contributed by atoms with Gasteiger partial charge in [0.05, 0.1) is 0 Å². The average molecular weight is 477 g/mol. The monoisotopic (exact) mass is 476 g/mol. The second kappa shape index (κ2) is 13.4. The van der Waals surface area contributed by atoms with Crippen LogP contribution >= 0.6 is 0 Å². The van der Waals surface area contributed by atoms with Crippen molar-refractivity contribution in [2.45, 2.75) is 142 Å². The number of rotatable bonds is 4. The molecule has 0 saturated heterocycles. The van der Waals surface area contributed by atoms with Gasteiger partial charge in [0.2, 0.25) is 0 Å². The van der Waals surface area contributed by atoms with Gasteiger partial charge in [-0.15, -0.1) is 0 Å². The number of nitrogens with two attached hydrogens (primary N) is 4. The molecule has 4 rings (SSSR count). The van der Waals surface area contributed by atoms with Gasteiger partial charge in [-0.2, -0.15) is 0 Å². The van der Waals surface area contributed by atoms with Crippen LogP contribution in [0.4, 0.5) is 0 Å². The van der Waals surface area contributed by atoms with Crippen LogP contribution in [0, 0.1) is 47.3 Å². The summed E-state index contributed by atoms with van der Waals surface area (Å²) in [5.74, 6) is 6.70. The summed E-state index contributed by atoms with van der Waals surface area (Å²) in [6.07, 6.45) is 18.7. The Hall–Kier alpha value is -0.160. The molecule has 0 amide bonds. The molecule has 0 bridgehead atoms. The van der Waals surface area contributed by atoms with Gasteiger partial charge in [0.25, 0.3) is 0 Å². The molecule has 12 unspecified atom stereocenters. The fraction of sp³-hybridized carbons (Fsp3) is 1.00. The maximum absolute atomic E-state index is 6.10. The summed E-state index contributed by atoms with van der Waals surface area (Å²) in [7, 11) is 0. The van der Waals surface area contributed by atoms with Crippen molar-refractivity contribution in [1.29, 1.82) is 0 Å². The van der Waals surface area contributed by atoms with Gasteiger partial charge in [0, 0.05) is 24.2 Å². The highest BCUT2D eigenvalue weighted by Gasteiger charge is 2.31. The molecule has 4 heteroatoms. The van der Waals surface area contributed by atoms with Crippen molar-refractivity contribution in [3.63, 3.8) is 0 Å². The lowest BCUT2D eigenvalue weighted by Gasteiger charge is -2.37. The standard InChI is InChI=1S/2C15H30N2/c2*1-10-7-12(3-5-14(10)16)9-13-4-6-15(17)11(2)8-13/h2*10-15H,3-9,16-17H2,1-2H3. The van der Waals surface area contributed by atoms with E-state index in [1.165, 1.54) is 89.9 Å². The number of hydrogen-bond donors (Lipinski definition) is 4. The first-order chi connectivity index (χ1) is 16.1. The van der Waals surface area contributed by atoms with Gasteiger partial charge in [-0.05, 0) is 137 Å². The lowest BCUT2D eigenvalue weighted by molar-refractivity contribution is 0.169. The van der Waals surface area contributed by atoms with Gasteiger partial charge in [0.15, 0.2) is 0 Å². The third-order valence-electron chi connectivity index (χ3n) is 10.7.